The fraction of sp³-hybridized carbons (Fsp3) is 0.571. The lowest BCUT2D eigenvalue weighted by molar-refractivity contribution is -0.354. The van der Waals surface area contributed by atoms with Crippen LogP contribution >= 0.6 is 0 Å². The molecule has 0 aliphatic heterocycles. The van der Waals surface area contributed by atoms with Crippen LogP contribution in [-0.2, 0) is 20.6 Å². The molecule has 0 unspecified atom stereocenters. The second-order valence-electron chi connectivity index (χ2n) is 4.23. The Balaban J connectivity index is 2.72. The van der Waals surface area contributed by atoms with Gasteiger partial charge in [-0.1, -0.05) is 23.8 Å². The molecule has 0 saturated heterocycles. The molecule has 3 nitrogen and oxygen atoms in total. The molecule has 17 heavy (non-hydrogen) atoms. The molecule has 0 amide bonds. The molecule has 0 aliphatic carbocycles. The first kappa shape index (κ1) is 14.2. The minimum absolute atomic E-state index is 0.667. The molecule has 3 heteroatoms. The number of hydrogen-bond donors (Lipinski definition) is 0. The van der Waals surface area contributed by atoms with Crippen LogP contribution in [0.1, 0.15) is 23.1 Å². The molecule has 0 fully saturated rings. The number of methoxy groups -OCH3 is 3. The van der Waals surface area contributed by atoms with Gasteiger partial charge in [-0.2, -0.15) is 0 Å². The van der Waals surface area contributed by atoms with Crippen molar-refractivity contribution < 1.29 is 14.2 Å². The molecular formula is C14H22O3. The maximum atomic E-state index is 5.28. The topological polar surface area (TPSA) is 27.7 Å². The van der Waals surface area contributed by atoms with E-state index >= 15 is 0 Å². The van der Waals surface area contributed by atoms with Crippen LogP contribution in [0.3, 0.4) is 0 Å². The van der Waals surface area contributed by atoms with E-state index in [1.54, 1.807) is 21.3 Å². The number of hydrogen-bond acceptors (Lipinski definition) is 3. The summed E-state index contributed by atoms with van der Waals surface area (Å²) in [5.41, 5.74) is 3.87. The highest BCUT2D eigenvalue weighted by atomic mass is 16.9. The summed E-state index contributed by atoms with van der Waals surface area (Å²) in [6, 6.07) is 6.45. The molecule has 1 rings (SSSR count). The van der Waals surface area contributed by atoms with E-state index in [-0.39, 0.29) is 0 Å². The van der Waals surface area contributed by atoms with E-state index in [0.29, 0.717) is 6.42 Å². The lowest BCUT2D eigenvalue weighted by Crippen LogP contribution is -2.36. The van der Waals surface area contributed by atoms with Gasteiger partial charge in [0.15, 0.2) is 0 Å². The van der Waals surface area contributed by atoms with E-state index in [1.165, 1.54) is 16.7 Å². The maximum Gasteiger partial charge on any atom is 0.282 e. The molecule has 0 aromatic heterocycles. The summed E-state index contributed by atoms with van der Waals surface area (Å²) in [5, 5.41) is 0. The van der Waals surface area contributed by atoms with Crippen LogP contribution in [0.4, 0.5) is 0 Å². The SMILES string of the molecule is COC(CCc1ccc(C)cc1C)(OC)OC. The predicted octanol–water partition coefficient (Wildman–Crippen LogP) is 2.83. The minimum atomic E-state index is -0.933. The largest absolute Gasteiger partial charge is 0.331 e. The fourth-order valence-corrected chi connectivity index (χ4v) is 1.97. The third-order valence-corrected chi connectivity index (χ3v) is 3.13. The minimum Gasteiger partial charge on any atom is -0.331 e. The van der Waals surface area contributed by atoms with E-state index in [4.69, 9.17) is 14.2 Å². The average Bonchev–Trinajstić information content (AvgIpc) is 2.33. The van der Waals surface area contributed by atoms with Gasteiger partial charge >= 0.3 is 0 Å². The summed E-state index contributed by atoms with van der Waals surface area (Å²) in [5.74, 6) is -0.933. The van der Waals surface area contributed by atoms with E-state index in [2.05, 4.69) is 32.0 Å². The van der Waals surface area contributed by atoms with Gasteiger partial charge in [0.05, 0.1) is 0 Å². The summed E-state index contributed by atoms with van der Waals surface area (Å²) in [4.78, 5) is 0. The van der Waals surface area contributed by atoms with Gasteiger partial charge in [-0.3, -0.25) is 0 Å². The molecule has 1 aromatic rings. The van der Waals surface area contributed by atoms with Gasteiger partial charge in [-0.05, 0) is 31.4 Å². The van der Waals surface area contributed by atoms with E-state index < -0.39 is 5.97 Å². The van der Waals surface area contributed by atoms with Gasteiger partial charge < -0.3 is 14.2 Å². The summed E-state index contributed by atoms with van der Waals surface area (Å²) >= 11 is 0. The van der Waals surface area contributed by atoms with Crippen molar-refractivity contribution >= 4 is 0 Å². The van der Waals surface area contributed by atoms with Crippen molar-refractivity contribution in [2.75, 3.05) is 21.3 Å². The molecule has 0 spiro atoms. The zero-order chi connectivity index (χ0) is 12.9. The van der Waals surface area contributed by atoms with Crippen LogP contribution in [-0.4, -0.2) is 27.3 Å². The van der Waals surface area contributed by atoms with Crippen molar-refractivity contribution in [1.82, 2.24) is 0 Å². The molecule has 1 aromatic carbocycles. The van der Waals surface area contributed by atoms with E-state index in [0.717, 1.165) is 6.42 Å². The zero-order valence-corrected chi connectivity index (χ0v) is 11.4. The highest BCUT2D eigenvalue weighted by Gasteiger charge is 2.29. The Morgan fingerprint density at radius 3 is 2.06 bits per heavy atom. The Bertz CT molecular complexity index is 348. The van der Waals surface area contributed by atoms with Crippen molar-refractivity contribution in [1.29, 1.82) is 0 Å². The lowest BCUT2D eigenvalue weighted by atomic mass is 10.0. The Morgan fingerprint density at radius 1 is 1.00 bits per heavy atom. The molecule has 0 aliphatic rings. The second-order valence-corrected chi connectivity index (χ2v) is 4.23. The average molecular weight is 238 g/mol. The van der Waals surface area contributed by atoms with Crippen molar-refractivity contribution in [2.45, 2.75) is 32.7 Å². The van der Waals surface area contributed by atoms with Crippen molar-refractivity contribution in [3.63, 3.8) is 0 Å². The molecule has 0 bridgehead atoms. The zero-order valence-electron chi connectivity index (χ0n) is 11.4. The van der Waals surface area contributed by atoms with Crippen LogP contribution in [0.15, 0.2) is 18.2 Å². The Hall–Kier alpha value is -0.900. The first-order chi connectivity index (χ1) is 8.06. The monoisotopic (exact) mass is 238 g/mol. The molecule has 96 valence electrons. The third kappa shape index (κ3) is 3.53. The standard InChI is InChI=1S/C14H22O3/c1-11-6-7-13(12(2)10-11)8-9-14(15-3,16-4)17-5/h6-7,10H,8-9H2,1-5H3. The van der Waals surface area contributed by atoms with Crippen LogP contribution in [0.5, 0.6) is 0 Å². The number of rotatable bonds is 6. The number of benzene rings is 1. The third-order valence-electron chi connectivity index (χ3n) is 3.13. The smallest absolute Gasteiger partial charge is 0.282 e. The molecule has 0 N–H and O–H groups in total. The van der Waals surface area contributed by atoms with Gasteiger partial charge in [0.2, 0.25) is 0 Å². The van der Waals surface area contributed by atoms with Crippen molar-refractivity contribution in [3.05, 3.63) is 34.9 Å². The highest BCUT2D eigenvalue weighted by Crippen LogP contribution is 2.21. The van der Waals surface area contributed by atoms with Crippen molar-refractivity contribution in [2.24, 2.45) is 0 Å². The second kappa shape index (κ2) is 6.15. The van der Waals surface area contributed by atoms with Crippen LogP contribution in [0, 0.1) is 13.8 Å². The van der Waals surface area contributed by atoms with Gasteiger partial charge in [0.25, 0.3) is 5.97 Å². The van der Waals surface area contributed by atoms with Gasteiger partial charge in [0.1, 0.15) is 0 Å². The molecule has 0 saturated carbocycles. The molecule has 0 heterocycles. The Labute approximate surface area is 104 Å². The Kier molecular flexibility index (Phi) is 5.12. The van der Waals surface area contributed by atoms with Crippen LogP contribution in [0.25, 0.3) is 0 Å². The summed E-state index contributed by atoms with van der Waals surface area (Å²) in [6.07, 6.45) is 1.53. The number of ether oxygens (including phenoxy) is 3. The van der Waals surface area contributed by atoms with Gasteiger partial charge in [-0.15, -0.1) is 0 Å². The summed E-state index contributed by atoms with van der Waals surface area (Å²) in [6.45, 7) is 4.22. The highest BCUT2D eigenvalue weighted by molar-refractivity contribution is 5.30. The van der Waals surface area contributed by atoms with Gasteiger partial charge in [0, 0.05) is 27.8 Å². The van der Waals surface area contributed by atoms with Gasteiger partial charge in [-0.25, -0.2) is 0 Å². The normalized spacial score (nSPS) is 11.8. The first-order valence-electron chi connectivity index (χ1n) is 5.78. The molecular weight excluding hydrogens is 216 g/mol. The Morgan fingerprint density at radius 2 is 1.59 bits per heavy atom. The lowest BCUT2D eigenvalue weighted by Gasteiger charge is -2.28. The fourth-order valence-electron chi connectivity index (χ4n) is 1.97. The number of aryl methyl sites for hydroxylation is 3. The molecule has 0 atom stereocenters. The first-order valence-corrected chi connectivity index (χ1v) is 5.78. The van der Waals surface area contributed by atoms with E-state index in [9.17, 15) is 0 Å². The van der Waals surface area contributed by atoms with Crippen molar-refractivity contribution in [3.8, 4) is 0 Å². The van der Waals surface area contributed by atoms with E-state index in [1.807, 2.05) is 0 Å². The summed E-state index contributed by atoms with van der Waals surface area (Å²) < 4.78 is 15.8. The predicted molar refractivity (Wildman–Crippen MR) is 68.0 cm³/mol. The van der Waals surface area contributed by atoms with Crippen LogP contribution in [0.2, 0.25) is 0 Å². The summed E-state index contributed by atoms with van der Waals surface area (Å²) in [7, 11) is 4.78. The molecule has 0 radical (unpaired) electrons. The maximum absolute atomic E-state index is 5.28. The quantitative estimate of drug-likeness (QED) is 0.713. The van der Waals surface area contributed by atoms with Crippen LogP contribution < -0.4 is 0 Å².